The van der Waals surface area contributed by atoms with Crippen LogP contribution in [0.25, 0.3) is 0 Å². The van der Waals surface area contributed by atoms with Crippen molar-refractivity contribution in [2.75, 3.05) is 12.0 Å². The third-order valence-corrected chi connectivity index (χ3v) is 5.28. The second-order valence-corrected chi connectivity index (χ2v) is 6.74. The molecule has 1 amide bonds. The molecular formula is C11H13N3O5S2. The first-order valence-electron chi connectivity index (χ1n) is 5.83. The number of Topliss-reactive ketones (excluding diaryl/α,β-unsaturated/α-hetero) is 1. The molecule has 114 valence electrons. The van der Waals surface area contributed by atoms with E-state index >= 15 is 0 Å². The van der Waals surface area contributed by atoms with Crippen molar-refractivity contribution >= 4 is 47.4 Å². The molecule has 0 saturated carbocycles. The first kappa shape index (κ1) is 15.9. The molecule has 1 saturated heterocycles. The van der Waals surface area contributed by atoms with E-state index in [1.54, 1.807) is 6.26 Å². The van der Waals surface area contributed by atoms with Crippen LogP contribution in [0.1, 0.15) is 6.42 Å². The summed E-state index contributed by atoms with van der Waals surface area (Å²) >= 11 is 2.28. The number of ketones is 1. The molecule has 0 aromatic carbocycles. The molecule has 2 heterocycles. The Balaban J connectivity index is 2.60. The smallest absolute Gasteiger partial charge is 0.352 e. The van der Waals surface area contributed by atoms with Crippen molar-refractivity contribution < 1.29 is 24.7 Å². The Bertz CT molecular complexity index is 576. The number of carbonyl (C=O) groups is 3. The molecule has 10 heteroatoms. The van der Waals surface area contributed by atoms with Gasteiger partial charge in [-0.3, -0.25) is 14.5 Å². The molecule has 0 bridgehead atoms. The average molecular weight is 331 g/mol. The highest BCUT2D eigenvalue weighted by atomic mass is 32.2. The second-order valence-electron chi connectivity index (χ2n) is 4.45. The first-order valence-corrected chi connectivity index (χ1v) is 8.10. The predicted octanol–water partition coefficient (Wildman–Crippen LogP) is -0.323. The number of carbonyl (C=O) groups excluding carboxylic acids is 2. The first-order chi connectivity index (χ1) is 9.86. The molecule has 2 aliphatic rings. The monoisotopic (exact) mass is 331 g/mol. The van der Waals surface area contributed by atoms with E-state index in [0.717, 1.165) is 16.7 Å². The summed E-state index contributed by atoms with van der Waals surface area (Å²) in [5.74, 6) is -2.15. The summed E-state index contributed by atoms with van der Waals surface area (Å²) in [5, 5.41) is 20.1. The highest BCUT2D eigenvalue weighted by molar-refractivity contribution is 8.02. The summed E-state index contributed by atoms with van der Waals surface area (Å²) in [6.45, 7) is 0. The zero-order chi connectivity index (χ0) is 15.8. The quantitative estimate of drug-likeness (QED) is 0.270. The van der Waals surface area contributed by atoms with Crippen LogP contribution in [0.2, 0.25) is 0 Å². The number of fused-ring (bicyclic) bond motifs is 1. The number of carboxylic acids is 1. The minimum atomic E-state index is -1.65. The van der Waals surface area contributed by atoms with Crippen molar-refractivity contribution in [3.63, 3.8) is 0 Å². The summed E-state index contributed by atoms with van der Waals surface area (Å²) < 4.78 is 0. The number of carboxylic acid groups (broad SMARTS) is 1. The van der Waals surface area contributed by atoms with Gasteiger partial charge in [0, 0.05) is 11.3 Å². The number of amides is 1. The van der Waals surface area contributed by atoms with E-state index in [2.05, 4.69) is 5.16 Å². The lowest BCUT2D eigenvalue weighted by molar-refractivity contribution is -0.146. The van der Waals surface area contributed by atoms with Gasteiger partial charge in [-0.25, -0.2) is 4.79 Å². The van der Waals surface area contributed by atoms with Crippen molar-refractivity contribution in [2.24, 2.45) is 10.9 Å². The van der Waals surface area contributed by atoms with Crippen LogP contribution in [0, 0.1) is 0 Å². The Morgan fingerprint density at radius 3 is 2.81 bits per heavy atom. The Kier molecular flexibility index (Phi) is 4.30. The van der Waals surface area contributed by atoms with Gasteiger partial charge < -0.3 is 16.0 Å². The van der Waals surface area contributed by atoms with Gasteiger partial charge in [0.2, 0.25) is 11.7 Å². The second kappa shape index (κ2) is 5.70. The van der Waals surface area contributed by atoms with Gasteiger partial charge >= 0.3 is 5.97 Å². The van der Waals surface area contributed by atoms with Crippen LogP contribution in [-0.2, 0) is 14.4 Å². The van der Waals surface area contributed by atoms with E-state index in [4.69, 9.17) is 10.9 Å². The number of rotatable bonds is 5. The number of thioether (sulfide) groups is 2. The standard InChI is InChI=1S/C11H13N3O5S2/c1-20-4-5-9(10(17)18)14-7(16)2-8(14)21-11(5,12)6(15)3-13-19/h3,8,19H,2,4,12H2,1H3,(H,17,18)/t8-,11?/m1/s1. The third kappa shape index (κ3) is 2.43. The predicted molar refractivity (Wildman–Crippen MR) is 78.1 cm³/mol. The molecule has 0 aromatic rings. The Hall–Kier alpha value is -1.52. The fourth-order valence-electron chi connectivity index (χ4n) is 2.26. The van der Waals surface area contributed by atoms with Crippen molar-refractivity contribution in [3.05, 3.63) is 11.3 Å². The number of oxime groups is 1. The van der Waals surface area contributed by atoms with Crippen LogP contribution in [0.4, 0.5) is 0 Å². The van der Waals surface area contributed by atoms with Gasteiger partial charge in [0.05, 0.1) is 11.8 Å². The Labute approximate surface area is 128 Å². The van der Waals surface area contributed by atoms with Gasteiger partial charge in [0.15, 0.2) is 4.87 Å². The Morgan fingerprint density at radius 2 is 2.33 bits per heavy atom. The lowest BCUT2D eigenvalue weighted by Gasteiger charge is -2.49. The van der Waals surface area contributed by atoms with E-state index in [9.17, 15) is 19.5 Å². The number of hydrogen-bond donors (Lipinski definition) is 3. The van der Waals surface area contributed by atoms with Gasteiger partial charge in [0.25, 0.3) is 0 Å². The molecule has 4 N–H and O–H groups in total. The largest absolute Gasteiger partial charge is 0.477 e. The molecule has 0 aromatic heterocycles. The summed E-state index contributed by atoms with van der Waals surface area (Å²) in [5.41, 5.74) is 6.01. The number of nitrogens with zero attached hydrogens (tertiary/aromatic N) is 2. The van der Waals surface area contributed by atoms with Crippen molar-refractivity contribution in [1.29, 1.82) is 0 Å². The molecule has 1 fully saturated rings. The number of nitrogens with two attached hydrogens (primary N) is 1. The summed E-state index contributed by atoms with van der Waals surface area (Å²) in [7, 11) is 0. The maximum Gasteiger partial charge on any atom is 0.352 e. The van der Waals surface area contributed by atoms with Crippen LogP contribution in [0.3, 0.4) is 0 Å². The normalized spacial score (nSPS) is 28.6. The topological polar surface area (TPSA) is 133 Å². The lowest BCUT2D eigenvalue weighted by atomic mass is 9.98. The fourth-order valence-corrected chi connectivity index (χ4v) is 4.47. The third-order valence-electron chi connectivity index (χ3n) is 3.24. The van der Waals surface area contributed by atoms with Crippen molar-refractivity contribution in [1.82, 2.24) is 4.90 Å². The Morgan fingerprint density at radius 1 is 1.67 bits per heavy atom. The van der Waals surface area contributed by atoms with Crippen LogP contribution in [-0.4, -0.2) is 61.3 Å². The lowest BCUT2D eigenvalue weighted by Crippen LogP contribution is -2.63. The molecule has 0 radical (unpaired) electrons. The molecule has 1 unspecified atom stereocenters. The van der Waals surface area contributed by atoms with E-state index in [1.807, 2.05) is 0 Å². The SMILES string of the molecule is CSCC1=C(C(=O)O)N2C(=O)C[C@H]2SC1(N)C(=O)C=NO. The molecule has 0 spiro atoms. The van der Waals surface area contributed by atoms with E-state index in [-0.39, 0.29) is 29.4 Å². The average Bonchev–Trinajstić information content (AvgIpc) is 2.41. The molecule has 2 rings (SSSR count). The highest BCUT2D eigenvalue weighted by Gasteiger charge is 2.55. The maximum absolute atomic E-state index is 12.1. The number of β-lactam (4-membered cyclic amide) rings is 1. The van der Waals surface area contributed by atoms with Gasteiger partial charge in [-0.05, 0) is 6.26 Å². The minimum absolute atomic E-state index is 0.122. The molecular weight excluding hydrogens is 318 g/mol. The number of hydrogen-bond acceptors (Lipinski definition) is 8. The van der Waals surface area contributed by atoms with E-state index in [0.29, 0.717) is 6.21 Å². The van der Waals surface area contributed by atoms with Crippen LogP contribution < -0.4 is 5.73 Å². The summed E-state index contributed by atoms with van der Waals surface area (Å²) in [6, 6.07) is 0. The summed E-state index contributed by atoms with van der Waals surface area (Å²) in [4.78, 5) is 34.8. The van der Waals surface area contributed by atoms with Crippen LogP contribution in [0.5, 0.6) is 0 Å². The molecule has 2 aliphatic heterocycles. The zero-order valence-electron chi connectivity index (χ0n) is 11.0. The molecule has 21 heavy (non-hydrogen) atoms. The van der Waals surface area contributed by atoms with E-state index < -0.39 is 22.0 Å². The summed E-state index contributed by atoms with van der Waals surface area (Å²) in [6.07, 6.45) is 2.51. The van der Waals surface area contributed by atoms with Gasteiger partial charge in [0.1, 0.15) is 11.9 Å². The molecule has 2 atom stereocenters. The zero-order valence-corrected chi connectivity index (χ0v) is 12.6. The maximum atomic E-state index is 12.1. The molecule has 8 nitrogen and oxygen atoms in total. The van der Waals surface area contributed by atoms with E-state index in [1.165, 1.54) is 11.8 Å². The van der Waals surface area contributed by atoms with Crippen molar-refractivity contribution in [2.45, 2.75) is 16.7 Å². The minimum Gasteiger partial charge on any atom is -0.477 e. The van der Waals surface area contributed by atoms with Crippen LogP contribution in [0.15, 0.2) is 16.4 Å². The highest BCUT2D eigenvalue weighted by Crippen LogP contribution is 2.48. The van der Waals surface area contributed by atoms with Gasteiger partial charge in [-0.2, -0.15) is 11.8 Å². The van der Waals surface area contributed by atoms with Crippen LogP contribution >= 0.6 is 23.5 Å². The van der Waals surface area contributed by atoms with Gasteiger partial charge in [-0.15, -0.1) is 11.8 Å². The fraction of sp³-hybridized carbons (Fsp3) is 0.455. The number of aliphatic carboxylic acids is 1. The molecule has 0 aliphatic carbocycles. The van der Waals surface area contributed by atoms with Crippen molar-refractivity contribution in [3.8, 4) is 0 Å². The van der Waals surface area contributed by atoms with Gasteiger partial charge in [-0.1, -0.05) is 5.16 Å².